The van der Waals surface area contributed by atoms with Gasteiger partial charge in [0.05, 0.1) is 18.3 Å². The van der Waals surface area contributed by atoms with Crippen molar-refractivity contribution in [1.29, 1.82) is 0 Å². The minimum Gasteiger partial charge on any atom is -0.492 e. The highest BCUT2D eigenvalue weighted by Crippen LogP contribution is 2.19. The van der Waals surface area contributed by atoms with Gasteiger partial charge in [0.2, 0.25) is 11.8 Å². The summed E-state index contributed by atoms with van der Waals surface area (Å²) in [5.74, 6) is -5.14. The molecule has 0 saturated carbocycles. The smallest absolute Gasteiger partial charge is 0.243 e. The van der Waals surface area contributed by atoms with Gasteiger partial charge in [-0.05, 0) is 50.4 Å². The van der Waals surface area contributed by atoms with Crippen LogP contribution in [0.1, 0.15) is 6.92 Å². The Hall–Kier alpha value is -2.78. The SMILES string of the molecule is CC(C(=O)NCC(=O)Nc1ccc(F)c(F)c1F)N(C)CCOc1ccc(Cl)cc1. The predicted octanol–water partition coefficient (Wildman–Crippen LogP) is 3.21. The number of halogens is 4. The van der Waals surface area contributed by atoms with Gasteiger partial charge in [0.15, 0.2) is 17.5 Å². The Labute approximate surface area is 177 Å². The summed E-state index contributed by atoms with van der Waals surface area (Å²) in [6, 6.07) is 7.87. The second-order valence-corrected chi connectivity index (χ2v) is 6.88. The summed E-state index contributed by atoms with van der Waals surface area (Å²) in [5, 5.41) is 5.08. The Bertz CT molecular complexity index is 897. The minimum absolute atomic E-state index is 0.325. The standard InChI is InChI=1S/C20H21ClF3N3O3/c1-12(27(2)9-10-30-14-5-3-13(21)4-6-14)20(29)25-11-17(28)26-16-8-7-15(22)18(23)19(16)24/h3-8,12H,9-11H2,1-2H3,(H,25,29)(H,26,28). The van der Waals surface area contributed by atoms with Crippen LogP contribution in [-0.4, -0.2) is 49.5 Å². The summed E-state index contributed by atoms with van der Waals surface area (Å²) >= 11 is 5.80. The van der Waals surface area contributed by atoms with Gasteiger partial charge in [0.1, 0.15) is 12.4 Å². The van der Waals surface area contributed by atoms with Gasteiger partial charge in [0.25, 0.3) is 0 Å². The van der Waals surface area contributed by atoms with Crippen molar-refractivity contribution in [3.8, 4) is 5.75 Å². The number of anilines is 1. The number of ether oxygens (including phenoxy) is 1. The number of amides is 2. The van der Waals surface area contributed by atoms with E-state index in [-0.39, 0.29) is 0 Å². The Kier molecular flexibility index (Phi) is 8.49. The summed E-state index contributed by atoms with van der Waals surface area (Å²) in [6.07, 6.45) is 0. The highest BCUT2D eigenvalue weighted by atomic mass is 35.5. The van der Waals surface area contributed by atoms with E-state index in [1.165, 1.54) is 0 Å². The van der Waals surface area contributed by atoms with Crippen LogP contribution in [0, 0.1) is 17.5 Å². The molecule has 2 amide bonds. The van der Waals surface area contributed by atoms with Crippen LogP contribution in [0.5, 0.6) is 5.75 Å². The lowest BCUT2D eigenvalue weighted by Gasteiger charge is -2.23. The molecule has 2 aromatic rings. The number of hydrogen-bond acceptors (Lipinski definition) is 4. The van der Waals surface area contributed by atoms with E-state index in [1.54, 1.807) is 43.1 Å². The number of nitrogens with one attached hydrogen (secondary N) is 2. The molecule has 2 N–H and O–H groups in total. The molecule has 162 valence electrons. The summed E-state index contributed by atoms with van der Waals surface area (Å²) in [6.45, 7) is 1.94. The van der Waals surface area contributed by atoms with Gasteiger partial charge in [-0.2, -0.15) is 0 Å². The fraction of sp³-hybridized carbons (Fsp3) is 0.300. The fourth-order valence-corrected chi connectivity index (χ4v) is 2.49. The topological polar surface area (TPSA) is 70.7 Å². The molecule has 0 fully saturated rings. The summed E-state index contributed by atoms with van der Waals surface area (Å²) in [5.41, 5.74) is -0.516. The zero-order valence-corrected chi connectivity index (χ0v) is 17.1. The van der Waals surface area contributed by atoms with Crippen molar-refractivity contribution >= 4 is 29.1 Å². The molecule has 0 aliphatic rings. The Morgan fingerprint density at radius 3 is 2.43 bits per heavy atom. The van der Waals surface area contributed by atoms with Gasteiger partial charge in [-0.15, -0.1) is 0 Å². The van der Waals surface area contributed by atoms with Gasteiger partial charge in [-0.3, -0.25) is 14.5 Å². The van der Waals surface area contributed by atoms with E-state index in [0.717, 1.165) is 6.07 Å². The van der Waals surface area contributed by atoms with Gasteiger partial charge in [0, 0.05) is 11.6 Å². The third kappa shape index (κ3) is 6.64. The largest absolute Gasteiger partial charge is 0.492 e. The summed E-state index contributed by atoms with van der Waals surface area (Å²) in [4.78, 5) is 25.8. The van der Waals surface area contributed by atoms with E-state index in [4.69, 9.17) is 16.3 Å². The number of hydrogen-bond donors (Lipinski definition) is 2. The molecule has 30 heavy (non-hydrogen) atoms. The van der Waals surface area contributed by atoms with Gasteiger partial charge < -0.3 is 15.4 Å². The molecule has 0 bridgehead atoms. The Morgan fingerprint density at radius 1 is 1.10 bits per heavy atom. The fourth-order valence-electron chi connectivity index (χ4n) is 2.36. The van der Waals surface area contributed by atoms with Gasteiger partial charge in [-0.1, -0.05) is 11.6 Å². The predicted molar refractivity (Wildman–Crippen MR) is 107 cm³/mol. The first-order valence-corrected chi connectivity index (χ1v) is 9.36. The second kappa shape index (κ2) is 10.8. The van der Waals surface area contributed by atoms with E-state index >= 15 is 0 Å². The first-order chi connectivity index (χ1) is 14.2. The third-order valence-electron chi connectivity index (χ3n) is 4.30. The molecule has 1 unspecified atom stereocenters. The van der Waals surface area contributed by atoms with Crippen LogP contribution in [0.15, 0.2) is 36.4 Å². The first kappa shape index (κ1) is 23.5. The van der Waals surface area contributed by atoms with Crippen molar-refractivity contribution < 1.29 is 27.5 Å². The van der Waals surface area contributed by atoms with Crippen LogP contribution >= 0.6 is 11.6 Å². The molecule has 0 aliphatic heterocycles. The van der Waals surface area contributed by atoms with Crippen LogP contribution < -0.4 is 15.4 Å². The monoisotopic (exact) mass is 443 g/mol. The molecule has 0 spiro atoms. The van der Waals surface area contributed by atoms with Crippen LogP contribution in [0.25, 0.3) is 0 Å². The molecule has 0 heterocycles. The van der Waals surface area contributed by atoms with Crippen molar-refractivity contribution in [1.82, 2.24) is 10.2 Å². The average molecular weight is 444 g/mol. The van der Waals surface area contributed by atoms with Crippen LogP contribution in [0.4, 0.5) is 18.9 Å². The normalized spacial score (nSPS) is 11.8. The van der Waals surface area contributed by atoms with E-state index < -0.39 is 47.5 Å². The number of nitrogens with zero attached hydrogens (tertiary/aromatic N) is 1. The molecule has 0 aromatic heterocycles. The van der Waals surface area contributed by atoms with Crippen LogP contribution in [0.2, 0.25) is 5.02 Å². The van der Waals surface area contributed by atoms with Gasteiger partial charge >= 0.3 is 0 Å². The molecule has 1 atom stereocenters. The number of benzene rings is 2. The Balaban J connectivity index is 1.75. The van der Waals surface area contributed by atoms with E-state index in [0.29, 0.717) is 30.0 Å². The van der Waals surface area contributed by atoms with Crippen molar-refractivity contribution in [3.63, 3.8) is 0 Å². The van der Waals surface area contributed by atoms with Crippen molar-refractivity contribution in [2.24, 2.45) is 0 Å². The summed E-state index contributed by atoms with van der Waals surface area (Å²) < 4.78 is 45.2. The maximum atomic E-state index is 13.6. The molecule has 0 radical (unpaired) electrons. The van der Waals surface area contributed by atoms with Crippen molar-refractivity contribution in [3.05, 3.63) is 58.9 Å². The number of likely N-dealkylation sites (N-methyl/N-ethyl adjacent to an activating group) is 1. The third-order valence-corrected chi connectivity index (χ3v) is 4.55. The second-order valence-electron chi connectivity index (χ2n) is 6.45. The summed E-state index contributed by atoms with van der Waals surface area (Å²) in [7, 11) is 1.71. The highest BCUT2D eigenvalue weighted by Gasteiger charge is 2.19. The quantitative estimate of drug-likeness (QED) is 0.584. The van der Waals surface area contributed by atoms with E-state index in [9.17, 15) is 22.8 Å². The van der Waals surface area contributed by atoms with Crippen molar-refractivity contribution in [2.45, 2.75) is 13.0 Å². The van der Waals surface area contributed by atoms with E-state index in [2.05, 4.69) is 10.6 Å². The average Bonchev–Trinajstić information content (AvgIpc) is 2.73. The zero-order valence-electron chi connectivity index (χ0n) is 16.3. The zero-order chi connectivity index (χ0) is 22.3. The molecule has 2 aromatic carbocycles. The number of carbonyl (C=O) groups excluding carboxylic acids is 2. The lowest BCUT2D eigenvalue weighted by atomic mass is 10.2. The van der Waals surface area contributed by atoms with Crippen molar-refractivity contribution in [2.75, 3.05) is 32.1 Å². The molecule has 6 nitrogen and oxygen atoms in total. The molecule has 0 aliphatic carbocycles. The maximum Gasteiger partial charge on any atom is 0.243 e. The number of carbonyl (C=O) groups is 2. The number of rotatable bonds is 9. The highest BCUT2D eigenvalue weighted by molar-refractivity contribution is 6.30. The molecule has 10 heteroatoms. The molecule has 2 rings (SSSR count). The van der Waals surface area contributed by atoms with Gasteiger partial charge in [-0.25, -0.2) is 13.2 Å². The lowest BCUT2D eigenvalue weighted by Crippen LogP contribution is -2.46. The molecular weight excluding hydrogens is 423 g/mol. The molecule has 0 saturated heterocycles. The van der Waals surface area contributed by atoms with Crippen LogP contribution in [-0.2, 0) is 9.59 Å². The Morgan fingerprint density at radius 2 is 1.77 bits per heavy atom. The van der Waals surface area contributed by atoms with Crippen LogP contribution in [0.3, 0.4) is 0 Å². The molecular formula is C20H21ClF3N3O3. The van der Waals surface area contributed by atoms with E-state index in [1.807, 2.05) is 0 Å². The maximum absolute atomic E-state index is 13.6. The minimum atomic E-state index is -1.69. The lowest BCUT2D eigenvalue weighted by molar-refractivity contribution is -0.127. The first-order valence-electron chi connectivity index (χ1n) is 8.98.